The van der Waals surface area contributed by atoms with Crippen LogP contribution < -0.4 is 0 Å². The topological polar surface area (TPSA) is 99.6 Å². The quantitative estimate of drug-likeness (QED) is 0.393. The van der Waals surface area contributed by atoms with Gasteiger partial charge in [-0.15, -0.1) is 15.3 Å². The van der Waals surface area contributed by atoms with Crippen LogP contribution in [0.5, 0.6) is 0 Å². The fraction of sp³-hybridized carbons (Fsp3) is 0.333. The second kappa shape index (κ2) is 6.75. The molecule has 0 radical (unpaired) electrons. The van der Waals surface area contributed by atoms with Crippen LogP contribution in [0.2, 0.25) is 0 Å². The number of hydrogen-bond donors (Lipinski definition) is 0. The van der Waals surface area contributed by atoms with Gasteiger partial charge >= 0.3 is 5.97 Å². The van der Waals surface area contributed by atoms with Gasteiger partial charge in [0.15, 0.2) is 11.5 Å². The number of aryl methyl sites for hydroxylation is 4. The molecule has 9 heteroatoms. The predicted octanol–water partition coefficient (Wildman–Crippen LogP) is 1.88. The van der Waals surface area contributed by atoms with Gasteiger partial charge in [0, 0.05) is 24.0 Å². The summed E-state index contributed by atoms with van der Waals surface area (Å²) in [6, 6.07) is 5.39. The van der Waals surface area contributed by atoms with Gasteiger partial charge in [-0.1, -0.05) is 0 Å². The number of rotatable bonds is 5. The highest BCUT2D eigenvalue weighted by molar-refractivity contribution is 5.89. The minimum atomic E-state index is -0.374. The highest BCUT2D eigenvalue weighted by Crippen LogP contribution is 2.09. The molecule has 27 heavy (non-hydrogen) atoms. The van der Waals surface area contributed by atoms with E-state index in [4.69, 9.17) is 4.74 Å². The van der Waals surface area contributed by atoms with E-state index in [0.717, 1.165) is 17.2 Å². The lowest BCUT2D eigenvalue weighted by molar-refractivity contribution is 0.0499. The Kier molecular flexibility index (Phi) is 4.27. The average Bonchev–Trinajstić information content (AvgIpc) is 3.22. The van der Waals surface area contributed by atoms with Crippen LogP contribution >= 0.6 is 0 Å². The summed E-state index contributed by atoms with van der Waals surface area (Å²) in [7, 11) is 0. The third kappa shape index (κ3) is 3.35. The molecule has 4 rings (SSSR count). The summed E-state index contributed by atoms with van der Waals surface area (Å²) in [6.45, 7) is 6.02. The van der Waals surface area contributed by atoms with Crippen molar-refractivity contribution in [1.82, 2.24) is 34.2 Å². The van der Waals surface area contributed by atoms with Gasteiger partial charge in [0.1, 0.15) is 5.82 Å². The lowest BCUT2D eigenvalue weighted by atomic mass is 10.3. The van der Waals surface area contributed by atoms with Crippen LogP contribution in [0.1, 0.15) is 39.8 Å². The summed E-state index contributed by atoms with van der Waals surface area (Å²) >= 11 is 0. The van der Waals surface area contributed by atoms with E-state index in [1.54, 1.807) is 27.2 Å². The molecule has 0 aliphatic carbocycles. The van der Waals surface area contributed by atoms with Crippen molar-refractivity contribution in [3.8, 4) is 0 Å². The summed E-state index contributed by atoms with van der Waals surface area (Å²) < 4.78 is 8.85. The largest absolute Gasteiger partial charge is 0.462 e. The molecule has 0 spiro atoms. The maximum absolute atomic E-state index is 12.2. The Bertz CT molecular complexity index is 1150. The zero-order valence-electron chi connectivity index (χ0n) is 15.4. The SMILES string of the molecule is Cc1cc(C)n2nc(CCCOC(=O)c3ccc4nnc(C)n4c3)nc2n1. The molecule has 4 aromatic rings. The van der Waals surface area contributed by atoms with Gasteiger partial charge in [0.2, 0.25) is 0 Å². The molecule has 0 atom stereocenters. The number of carbonyl (C=O) groups is 1. The van der Waals surface area contributed by atoms with Gasteiger partial charge in [0.25, 0.3) is 5.78 Å². The number of ether oxygens (including phenoxy) is 1. The summed E-state index contributed by atoms with van der Waals surface area (Å²) in [5.41, 5.74) is 3.06. The first-order chi connectivity index (χ1) is 13.0. The Hall–Kier alpha value is -3.36. The number of aromatic nitrogens is 7. The summed E-state index contributed by atoms with van der Waals surface area (Å²) in [4.78, 5) is 21.0. The molecule has 138 valence electrons. The van der Waals surface area contributed by atoms with Crippen LogP contribution in [-0.4, -0.2) is 46.8 Å². The zero-order valence-corrected chi connectivity index (χ0v) is 15.4. The maximum Gasteiger partial charge on any atom is 0.339 e. The first kappa shape index (κ1) is 17.1. The first-order valence-electron chi connectivity index (χ1n) is 8.70. The Morgan fingerprint density at radius 2 is 2.00 bits per heavy atom. The maximum atomic E-state index is 12.2. The molecule has 0 aliphatic heterocycles. The molecule has 0 aliphatic rings. The van der Waals surface area contributed by atoms with Gasteiger partial charge in [-0.3, -0.25) is 4.40 Å². The number of pyridine rings is 1. The van der Waals surface area contributed by atoms with Crippen molar-refractivity contribution in [3.63, 3.8) is 0 Å². The van der Waals surface area contributed by atoms with Crippen molar-refractivity contribution in [1.29, 1.82) is 0 Å². The third-order valence-electron chi connectivity index (χ3n) is 4.25. The van der Waals surface area contributed by atoms with Crippen molar-refractivity contribution in [3.05, 3.63) is 53.0 Å². The standard InChI is InChI=1S/C18H19N7O2/c1-11-9-12(2)25-18(19-11)20-15(23-25)5-4-8-27-17(26)14-6-7-16-22-21-13(3)24(16)10-14/h6-7,9-10H,4-5,8H2,1-3H3. The number of esters is 1. The smallest absolute Gasteiger partial charge is 0.339 e. The molecule has 0 saturated carbocycles. The highest BCUT2D eigenvalue weighted by Gasteiger charge is 2.11. The Labute approximate surface area is 155 Å². The van der Waals surface area contributed by atoms with E-state index in [0.29, 0.717) is 42.3 Å². The van der Waals surface area contributed by atoms with Crippen LogP contribution in [0.25, 0.3) is 11.4 Å². The molecular formula is C18H19N7O2. The molecule has 0 amide bonds. The first-order valence-corrected chi connectivity index (χ1v) is 8.70. The third-order valence-corrected chi connectivity index (χ3v) is 4.25. The number of fused-ring (bicyclic) bond motifs is 2. The van der Waals surface area contributed by atoms with Crippen LogP contribution in [0.3, 0.4) is 0 Å². The van der Waals surface area contributed by atoms with E-state index < -0.39 is 0 Å². The van der Waals surface area contributed by atoms with E-state index in [9.17, 15) is 4.79 Å². The van der Waals surface area contributed by atoms with Crippen LogP contribution in [0.4, 0.5) is 0 Å². The molecule has 0 fully saturated rings. The summed E-state index contributed by atoms with van der Waals surface area (Å²) in [5.74, 6) is 1.63. The molecule has 4 aromatic heterocycles. The van der Waals surface area contributed by atoms with E-state index in [-0.39, 0.29) is 5.97 Å². The molecule has 4 heterocycles. The molecule has 0 unspecified atom stereocenters. The van der Waals surface area contributed by atoms with Gasteiger partial charge in [-0.05, 0) is 45.4 Å². The molecule has 0 saturated heterocycles. The Balaban J connectivity index is 1.36. The second-order valence-electron chi connectivity index (χ2n) is 6.41. The Morgan fingerprint density at radius 1 is 1.15 bits per heavy atom. The van der Waals surface area contributed by atoms with Crippen molar-refractivity contribution >= 4 is 17.4 Å². The highest BCUT2D eigenvalue weighted by atomic mass is 16.5. The normalized spacial score (nSPS) is 11.4. The lowest BCUT2D eigenvalue weighted by Gasteiger charge is -2.04. The zero-order chi connectivity index (χ0) is 19.0. The minimum absolute atomic E-state index is 0.291. The fourth-order valence-electron chi connectivity index (χ4n) is 2.92. The number of hydrogen-bond acceptors (Lipinski definition) is 7. The van der Waals surface area contributed by atoms with Crippen molar-refractivity contribution in [2.24, 2.45) is 0 Å². The van der Waals surface area contributed by atoms with Gasteiger partial charge in [-0.25, -0.2) is 14.3 Å². The second-order valence-corrected chi connectivity index (χ2v) is 6.41. The van der Waals surface area contributed by atoms with Crippen LogP contribution in [0, 0.1) is 20.8 Å². The van der Waals surface area contributed by atoms with E-state index >= 15 is 0 Å². The van der Waals surface area contributed by atoms with Crippen molar-refractivity contribution < 1.29 is 9.53 Å². The van der Waals surface area contributed by atoms with Crippen molar-refractivity contribution in [2.75, 3.05) is 6.61 Å². The van der Waals surface area contributed by atoms with Crippen LogP contribution in [-0.2, 0) is 11.2 Å². The molecule has 0 bridgehead atoms. The van der Waals surface area contributed by atoms with Gasteiger partial charge in [0.05, 0.1) is 12.2 Å². The van der Waals surface area contributed by atoms with Crippen molar-refractivity contribution in [2.45, 2.75) is 33.6 Å². The van der Waals surface area contributed by atoms with E-state index in [1.807, 2.05) is 26.8 Å². The Morgan fingerprint density at radius 3 is 2.85 bits per heavy atom. The monoisotopic (exact) mass is 365 g/mol. The molecule has 0 aromatic carbocycles. The minimum Gasteiger partial charge on any atom is -0.462 e. The number of carbonyl (C=O) groups excluding carboxylic acids is 1. The van der Waals surface area contributed by atoms with E-state index in [1.165, 1.54) is 0 Å². The van der Waals surface area contributed by atoms with Gasteiger partial charge in [-0.2, -0.15) is 4.98 Å². The molecule has 9 nitrogen and oxygen atoms in total. The van der Waals surface area contributed by atoms with Crippen LogP contribution in [0.15, 0.2) is 24.4 Å². The fourth-order valence-corrected chi connectivity index (χ4v) is 2.92. The molecule has 0 N–H and O–H groups in total. The van der Waals surface area contributed by atoms with Gasteiger partial charge < -0.3 is 4.74 Å². The summed E-state index contributed by atoms with van der Waals surface area (Å²) in [6.07, 6.45) is 2.93. The molecular weight excluding hydrogens is 346 g/mol. The number of nitrogens with zero attached hydrogens (tertiary/aromatic N) is 7. The van der Waals surface area contributed by atoms with E-state index in [2.05, 4.69) is 25.3 Å². The summed E-state index contributed by atoms with van der Waals surface area (Å²) in [5, 5.41) is 12.4. The lowest BCUT2D eigenvalue weighted by Crippen LogP contribution is -2.08. The predicted molar refractivity (Wildman–Crippen MR) is 96.6 cm³/mol. The average molecular weight is 365 g/mol.